The van der Waals surface area contributed by atoms with Crippen molar-refractivity contribution in [3.63, 3.8) is 0 Å². The van der Waals surface area contributed by atoms with Crippen LogP contribution in [0, 0.1) is 11.3 Å². The van der Waals surface area contributed by atoms with Gasteiger partial charge in [-0.25, -0.2) is 4.98 Å². The van der Waals surface area contributed by atoms with Crippen molar-refractivity contribution in [2.75, 3.05) is 5.32 Å². The molecule has 1 N–H and O–H groups in total. The summed E-state index contributed by atoms with van der Waals surface area (Å²) in [7, 11) is 0. The lowest BCUT2D eigenvalue weighted by Crippen LogP contribution is -2.09. The van der Waals surface area contributed by atoms with Gasteiger partial charge in [-0.05, 0) is 5.56 Å². The smallest absolute Gasteiger partial charge is 0.240 e. The monoisotopic (exact) mass is 257 g/mol. The van der Waals surface area contributed by atoms with Gasteiger partial charge < -0.3 is 5.32 Å². The first-order valence-electron chi connectivity index (χ1n) is 5.43. The average Bonchev–Trinajstić information content (AvgIpc) is 2.78. The maximum absolute atomic E-state index is 11.2. The number of rotatable bonds is 4. The zero-order valence-corrected chi connectivity index (χ0v) is 10.4. The maximum Gasteiger partial charge on any atom is 0.240 e. The lowest BCUT2D eigenvalue weighted by molar-refractivity contribution is -0.115. The summed E-state index contributed by atoms with van der Waals surface area (Å²) >= 11 is 1.43. The number of carbonyl (C=O) groups is 1. The summed E-state index contributed by atoms with van der Waals surface area (Å²) in [6, 6.07) is 11.9. The molecule has 18 heavy (non-hydrogen) atoms. The highest BCUT2D eigenvalue weighted by Gasteiger charge is 2.06. The lowest BCUT2D eigenvalue weighted by Gasteiger charge is -1.97. The molecule has 0 bridgehead atoms. The van der Waals surface area contributed by atoms with Gasteiger partial charge in [0.1, 0.15) is 6.42 Å². The Labute approximate surface area is 109 Å². The molecular weight excluding hydrogens is 246 g/mol. The van der Waals surface area contributed by atoms with Crippen LogP contribution >= 0.6 is 11.3 Å². The Morgan fingerprint density at radius 1 is 1.39 bits per heavy atom. The molecule has 0 aliphatic rings. The Hall–Kier alpha value is -2.19. The largest absolute Gasteiger partial charge is 0.301 e. The summed E-state index contributed by atoms with van der Waals surface area (Å²) in [4.78, 5) is 16.4. The van der Waals surface area contributed by atoms with Crippen molar-refractivity contribution in [3.8, 4) is 6.07 Å². The van der Waals surface area contributed by atoms with Crippen molar-refractivity contribution >= 4 is 22.4 Å². The van der Waals surface area contributed by atoms with Gasteiger partial charge in [0.25, 0.3) is 0 Å². The molecule has 0 aliphatic carbocycles. The molecule has 0 unspecified atom stereocenters. The minimum absolute atomic E-state index is 0.145. The Bertz CT molecular complexity index is 571. The van der Waals surface area contributed by atoms with E-state index in [-0.39, 0.29) is 12.3 Å². The summed E-state index contributed by atoms with van der Waals surface area (Å²) in [5.41, 5.74) is 1.20. The molecule has 1 heterocycles. The fourth-order valence-electron chi connectivity index (χ4n) is 1.48. The van der Waals surface area contributed by atoms with Crippen molar-refractivity contribution in [1.29, 1.82) is 5.26 Å². The number of benzene rings is 1. The Morgan fingerprint density at radius 2 is 2.17 bits per heavy atom. The van der Waals surface area contributed by atoms with Crippen molar-refractivity contribution < 1.29 is 4.79 Å². The number of aromatic nitrogens is 1. The minimum Gasteiger partial charge on any atom is -0.301 e. The van der Waals surface area contributed by atoms with Gasteiger partial charge in [0.15, 0.2) is 5.13 Å². The highest BCUT2D eigenvalue weighted by molar-refractivity contribution is 7.15. The van der Waals surface area contributed by atoms with Crippen LogP contribution in [-0.2, 0) is 11.2 Å². The van der Waals surface area contributed by atoms with E-state index in [2.05, 4.69) is 10.3 Å². The van der Waals surface area contributed by atoms with E-state index >= 15 is 0 Å². The second kappa shape index (κ2) is 5.94. The topological polar surface area (TPSA) is 65.8 Å². The number of amides is 1. The van der Waals surface area contributed by atoms with E-state index < -0.39 is 0 Å². The predicted molar refractivity (Wildman–Crippen MR) is 70.2 cm³/mol. The highest BCUT2D eigenvalue weighted by atomic mass is 32.1. The van der Waals surface area contributed by atoms with Crippen LogP contribution in [0.5, 0.6) is 0 Å². The number of anilines is 1. The molecule has 0 saturated heterocycles. The second-order valence-corrected chi connectivity index (χ2v) is 4.79. The number of carbonyl (C=O) groups excluding carboxylic acids is 1. The van der Waals surface area contributed by atoms with Crippen LogP contribution in [0.2, 0.25) is 0 Å². The molecule has 0 fully saturated rings. The van der Waals surface area contributed by atoms with E-state index in [9.17, 15) is 4.79 Å². The third-order valence-electron chi connectivity index (χ3n) is 2.26. The molecule has 0 radical (unpaired) electrons. The number of nitrogens with one attached hydrogen (secondary N) is 1. The van der Waals surface area contributed by atoms with Crippen LogP contribution in [0.4, 0.5) is 5.13 Å². The maximum atomic E-state index is 11.2. The van der Waals surface area contributed by atoms with Crippen molar-refractivity contribution in [2.45, 2.75) is 12.8 Å². The minimum atomic E-state index is -0.321. The summed E-state index contributed by atoms with van der Waals surface area (Å²) < 4.78 is 0. The molecule has 5 heteroatoms. The first kappa shape index (κ1) is 12.3. The van der Waals surface area contributed by atoms with Crippen molar-refractivity contribution in [2.24, 2.45) is 0 Å². The molecule has 90 valence electrons. The molecule has 2 rings (SSSR count). The third-order valence-corrected chi connectivity index (χ3v) is 3.17. The number of hydrogen-bond acceptors (Lipinski definition) is 4. The highest BCUT2D eigenvalue weighted by Crippen LogP contribution is 2.21. The van der Waals surface area contributed by atoms with Crippen LogP contribution in [0.25, 0.3) is 0 Å². The van der Waals surface area contributed by atoms with Crippen LogP contribution in [-0.4, -0.2) is 10.9 Å². The molecular formula is C13H11N3OS. The summed E-state index contributed by atoms with van der Waals surface area (Å²) in [5, 5.41) is 11.5. The third kappa shape index (κ3) is 3.40. The standard InChI is InChI=1S/C13H11N3OS/c14-7-6-12(17)16-13-15-9-11(18-13)8-10-4-2-1-3-5-10/h1-5,9H,6,8H2,(H,15,16,17). The molecule has 0 spiro atoms. The predicted octanol–water partition coefficient (Wildman–Crippen LogP) is 2.59. The molecule has 1 aromatic heterocycles. The van der Waals surface area contributed by atoms with Gasteiger partial charge >= 0.3 is 0 Å². The summed E-state index contributed by atoms with van der Waals surface area (Å²) in [5.74, 6) is -0.321. The molecule has 1 amide bonds. The van der Waals surface area contributed by atoms with Gasteiger partial charge in [-0.3, -0.25) is 4.79 Å². The SMILES string of the molecule is N#CCC(=O)Nc1ncc(Cc2ccccc2)s1. The van der Waals surface area contributed by atoms with Crippen LogP contribution in [0.3, 0.4) is 0 Å². The van der Waals surface area contributed by atoms with E-state index in [0.29, 0.717) is 5.13 Å². The fraction of sp³-hybridized carbons (Fsp3) is 0.154. The summed E-state index contributed by atoms with van der Waals surface area (Å²) in [6.07, 6.45) is 2.40. The number of nitriles is 1. The fourth-order valence-corrected chi connectivity index (χ4v) is 2.34. The van der Waals surface area contributed by atoms with E-state index in [4.69, 9.17) is 5.26 Å². The lowest BCUT2D eigenvalue weighted by atomic mass is 10.1. The normalized spacial score (nSPS) is 9.72. The molecule has 0 aliphatic heterocycles. The molecule has 2 aromatic rings. The van der Waals surface area contributed by atoms with Gasteiger partial charge in [-0.1, -0.05) is 30.3 Å². The quantitative estimate of drug-likeness (QED) is 0.915. The van der Waals surface area contributed by atoms with Gasteiger partial charge in [0.05, 0.1) is 6.07 Å². The Balaban J connectivity index is 1.99. The second-order valence-electron chi connectivity index (χ2n) is 3.68. The van der Waals surface area contributed by atoms with Crippen LogP contribution in [0.1, 0.15) is 16.9 Å². The van der Waals surface area contributed by atoms with Gasteiger partial charge in [0.2, 0.25) is 5.91 Å². The Morgan fingerprint density at radius 3 is 2.89 bits per heavy atom. The zero-order chi connectivity index (χ0) is 12.8. The first-order valence-corrected chi connectivity index (χ1v) is 6.25. The van der Waals surface area contributed by atoms with Crippen molar-refractivity contribution in [3.05, 3.63) is 47.0 Å². The number of hydrogen-bond donors (Lipinski definition) is 1. The van der Waals surface area contributed by atoms with E-state index in [1.165, 1.54) is 16.9 Å². The summed E-state index contributed by atoms with van der Waals surface area (Å²) in [6.45, 7) is 0. The molecule has 0 saturated carbocycles. The first-order chi connectivity index (χ1) is 8.78. The van der Waals surface area contributed by atoms with E-state index in [1.54, 1.807) is 12.3 Å². The van der Waals surface area contributed by atoms with Crippen LogP contribution < -0.4 is 5.32 Å². The van der Waals surface area contributed by atoms with Gasteiger partial charge in [-0.15, -0.1) is 11.3 Å². The molecule has 4 nitrogen and oxygen atoms in total. The number of nitrogens with zero attached hydrogens (tertiary/aromatic N) is 2. The molecule has 1 aromatic carbocycles. The average molecular weight is 257 g/mol. The molecule has 0 atom stereocenters. The van der Waals surface area contributed by atoms with Gasteiger partial charge in [-0.2, -0.15) is 5.26 Å². The Kier molecular flexibility index (Phi) is 4.05. The van der Waals surface area contributed by atoms with E-state index in [0.717, 1.165) is 11.3 Å². The van der Waals surface area contributed by atoms with Gasteiger partial charge in [0, 0.05) is 17.5 Å². The van der Waals surface area contributed by atoms with E-state index in [1.807, 2.05) is 30.3 Å². The van der Waals surface area contributed by atoms with Crippen LogP contribution in [0.15, 0.2) is 36.5 Å². The number of thiazole rings is 1. The zero-order valence-electron chi connectivity index (χ0n) is 9.59. The van der Waals surface area contributed by atoms with Crippen molar-refractivity contribution in [1.82, 2.24) is 4.98 Å².